The van der Waals surface area contributed by atoms with E-state index in [1.165, 1.54) is 0 Å². The number of hydrogen-bond donors (Lipinski definition) is 1. The summed E-state index contributed by atoms with van der Waals surface area (Å²) >= 11 is 0. The zero-order valence-corrected chi connectivity index (χ0v) is 11.1. The number of benzene rings is 2. The molecule has 0 unspecified atom stereocenters. The molecule has 0 aliphatic heterocycles. The summed E-state index contributed by atoms with van der Waals surface area (Å²) in [6.45, 7) is 0. The molecule has 0 aliphatic rings. The Morgan fingerprint density at radius 2 is 2.05 bits per heavy atom. The summed E-state index contributed by atoms with van der Waals surface area (Å²) in [4.78, 5) is 12.1. The van der Waals surface area contributed by atoms with E-state index in [2.05, 4.69) is 11.4 Å². The Bertz CT molecular complexity index is 660. The van der Waals surface area contributed by atoms with Gasteiger partial charge in [0.25, 0.3) is 5.91 Å². The van der Waals surface area contributed by atoms with E-state index in [0.29, 0.717) is 23.4 Å². The Labute approximate surface area is 117 Å². The number of carbonyl (C=O) groups excluding carboxylic acids is 1. The van der Waals surface area contributed by atoms with Gasteiger partial charge in [0.1, 0.15) is 5.75 Å². The summed E-state index contributed by atoms with van der Waals surface area (Å²) in [7, 11) is 1.58. The fourth-order valence-corrected chi connectivity index (χ4v) is 1.82. The van der Waals surface area contributed by atoms with Crippen molar-refractivity contribution in [3.63, 3.8) is 0 Å². The van der Waals surface area contributed by atoms with Gasteiger partial charge in [-0.1, -0.05) is 18.2 Å². The van der Waals surface area contributed by atoms with Crippen LogP contribution in [-0.2, 0) is 6.42 Å². The second kappa shape index (κ2) is 6.39. The van der Waals surface area contributed by atoms with Crippen LogP contribution in [0.25, 0.3) is 0 Å². The zero-order chi connectivity index (χ0) is 14.4. The van der Waals surface area contributed by atoms with E-state index >= 15 is 0 Å². The molecule has 4 heteroatoms. The Morgan fingerprint density at radius 3 is 2.80 bits per heavy atom. The van der Waals surface area contributed by atoms with Crippen LogP contribution < -0.4 is 10.1 Å². The molecule has 1 amide bonds. The molecule has 0 heterocycles. The molecular weight excluding hydrogens is 252 g/mol. The minimum atomic E-state index is -0.210. The van der Waals surface area contributed by atoms with Gasteiger partial charge < -0.3 is 10.1 Å². The highest BCUT2D eigenvalue weighted by Gasteiger charge is 2.07. The van der Waals surface area contributed by atoms with Gasteiger partial charge in [-0.3, -0.25) is 4.79 Å². The Kier molecular flexibility index (Phi) is 4.35. The van der Waals surface area contributed by atoms with E-state index in [-0.39, 0.29) is 5.91 Å². The van der Waals surface area contributed by atoms with Gasteiger partial charge in [0, 0.05) is 17.3 Å². The second-order valence-corrected chi connectivity index (χ2v) is 4.22. The molecule has 0 aliphatic carbocycles. The Balaban J connectivity index is 2.15. The van der Waals surface area contributed by atoms with Crippen LogP contribution in [-0.4, -0.2) is 13.0 Å². The van der Waals surface area contributed by atoms with Crippen molar-refractivity contribution in [2.45, 2.75) is 6.42 Å². The first-order chi connectivity index (χ1) is 9.72. The summed E-state index contributed by atoms with van der Waals surface area (Å²) < 4.78 is 5.11. The molecule has 0 fully saturated rings. The fraction of sp³-hybridized carbons (Fsp3) is 0.125. The Hall–Kier alpha value is -2.80. The lowest BCUT2D eigenvalue weighted by molar-refractivity contribution is 0.102. The smallest absolute Gasteiger partial charge is 0.255 e. The number of nitrogens with zero attached hydrogens (tertiary/aromatic N) is 1. The average Bonchev–Trinajstić information content (AvgIpc) is 2.48. The maximum atomic E-state index is 12.1. The molecule has 4 nitrogen and oxygen atoms in total. The zero-order valence-electron chi connectivity index (χ0n) is 11.1. The minimum absolute atomic E-state index is 0.210. The second-order valence-electron chi connectivity index (χ2n) is 4.22. The van der Waals surface area contributed by atoms with Crippen molar-refractivity contribution in [2.24, 2.45) is 0 Å². The number of methoxy groups -OCH3 is 1. The molecule has 0 aromatic heterocycles. The van der Waals surface area contributed by atoms with E-state index in [1.54, 1.807) is 43.5 Å². The SMILES string of the molecule is COc1cccc(NC(=O)c2cccc(CC#N)c2)c1. The van der Waals surface area contributed by atoms with Crippen LogP contribution in [0, 0.1) is 11.3 Å². The molecule has 1 N–H and O–H groups in total. The van der Waals surface area contributed by atoms with Gasteiger partial charge in [0.15, 0.2) is 0 Å². The lowest BCUT2D eigenvalue weighted by Gasteiger charge is -2.07. The van der Waals surface area contributed by atoms with E-state index in [4.69, 9.17) is 10.00 Å². The first kappa shape index (κ1) is 13.6. The third-order valence-electron chi connectivity index (χ3n) is 2.80. The maximum Gasteiger partial charge on any atom is 0.255 e. The third kappa shape index (κ3) is 3.36. The van der Waals surface area contributed by atoms with Gasteiger partial charge in [-0.2, -0.15) is 5.26 Å². The molecule has 20 heavy (non-hydrogen) atoms. The third-order valence-corrected chi connectivity index (χ3v) is 2.80. The number of nitrogens with one attached hydrogen (secondary N) is 1. The highest BCUT2D eigenvalue weighted by atomic mass is 16.5. The molecule has 2 rings (SSSR count). The number of nitriles is 1. The van der Waals surface area contributed by atoms with E-state index < -0.39 is 0 Å². The highest BCUT2D eigenvalue weighted by molar-refractivity contribution is 6.04. The van der Waals surface area contributed by atoms with Crippen LogP contribution >= 0.6 is 0 Å². The van der Waals surface area contributed by atoms with Crippen molar-refractivity contribution >= 4 is 11.6 Å². The molecule has 0 saturated carbocycles. The molecule has 100 valence electrons. The molecule has 0 radical (unpaired) electrons. The molecule has 0 bridgehead atoms. The van der Waals surface area contributed by atoms with Crippen molar-refractivity contribution in [3.8, 4) is 11.8 Å². The number of amides is 1. The summed E-state index contributed by atoms with van der Waals surface area (Å²) in [5, 5.41) is 11.5. The number of rotatable bonds is 4. The van der Waals surface area contributed by atoms with Crippen LogP contribution in [0.5, 0.6) is 5.75 Å². The van der Waals surface area contributed by atoms with Crippen LogP contribution in [0.2, 0.25) is 0 Å². The van der Waals surface area contributed by atoms with Gasteiger partial charge in [-0.25, -0.2) is 0 Å². The standard InChI is InChI=1S/C16H14N2O2/c1-20-15-7-3-6-14(11-15)18-16(19)13-5-2-4-12(10-13)8-9-17/h2-7,10-11H,8H2,1H3,(H,18,19). The van der Waals surface area contributed by atoms with Crippen molar-refractivity contribution in [1.29, 1.82) is 5.26 Å². The number of ether oxygens (including phenoxy) is 1. The van der Waals surface area contributed by atoms with Crippen LogP contribution in [0.4, 0.5) is 5.69 Å². The number of carbonyl (C=O) groups is 1. The first-order valence-corrected chi connectivity index (χ1v) is 6.14. The lowest BCUT2D eigenvalue weighted by atomic mass is 10.1. The van der Waals surface area contributed by atoms with Crippen LogP contribution in [0.15, 0.2) is 48.5 Å². The summed E-state index contributed by atoms with van der Waals surface area (Å²) in [5.41, 5.74) is 2.02. The molecule has 0 atom stereocenters. The fourth-order valence-electron chi connectivity index (χ4n) is 1.82. The van der Waals surface area contributed by atoms with Crippen LogP contribution in [0.1, 0.15) is 15.9 Å². The summed E-state index contributed by atoms with van der Waals surface area (Å²) in [5.74, 6) is 0.471. The molecule has 0 saturated heterocycles. The Morgan fingerprint density at radius 1 is 1.25 bits per heavy atom. The van der Waals surface area contributed by atoms with Gasteiger partial charge in [0.2, 0.25) is 0 Å². The van der Waals surface area contributed by atoms with Gasteiger partial charge in [-0.05, 0) is 29.8 Å². The van der Waals surface area contributed by atoms with Crippen molar-refractivity contribution in [1.82, 2.24) is 0 Å². The van der Waals surface area contributed by atoms with E-state index in [9.17, 15) is 4.79 Å². The average molecular weight is 266 g/mol. The normalized spacial score (nSPS) is 9.60. The van der Waals surface area contributed by atoms with Gasteiger partial charge >= 0.3 is 0 Å². The largest absolute Gasteiger partial charge is 0.497 e. The highest BCUT2D eigenvalue weighted by Crippen LogP contribution is 2.17. The van der Waals surface area contributed by atoms with Crippen molar-refractivity contribution < 1.29 is 9.53 Å². The molecule has 2 aromatic rings. The van der Waals surface area contributed by atoms with Crippen molar-refractivity contribution in [3.05, 3.63) is 59.7 Å². The van der Waals surface area contributed by atoms with Gasteiger partial charge in [-0.15, -0.1) is 0 Å². The monoisotopic (exact) mass is 266 g/mol. The number of hydrogen-bond acceptors (Lipinski definition) is 3. The quantitative estimate of drug-likeness (QED) is 0.925. The number of anilines is 1. The lowest BCUT2D eigenvalue weighted by Crippen LogP contribution is -2.12. The molecule has 0 spiro atoms. The predicted molar refractivity (Wildman–Crippen MR) is 76.7 cm³/mol. The minimum Gasteiger partial charge on any atom is -0.497 e. The summed E-state index contributed by atoms with van der Waals surface area (Å²) in [6.07, 6.45) is 0.292. The van der Waals surface area contributed by atoms with Gasteiger partial charge in [0.05, 0.1) is 19.6 Å². The topological polar surface area (TPSA) is 62.1 Å². The van der Waals surface area contributed by atoms with E-state index in [1.807, 2.05) is 12.1 Å². The summed E-state index contributed by atoms with van der Waals surface area (Å²) in [6, 6.07) is 16.3. The van der Waals surface area contributed by atoms with Crippen molar-refractivity contribution in [2.75, 3.05) is 12.4 Å². The first-order valence-electron chi connectivity index (χ1n) is 6.14. The maximum absolute atomic E-state index is 12.1. The molecular formula is C16H14N2O2. The predicted octanol–water partition coefficient (Wildman–Crippen LogP) is 3.01. The van der Waals surface area contributed by atoms with Crippen LogP contribution in [0.3, 0.4) is 0 Å². The molecule has 2 aromatic carbocycles. The van der Waals surface area contributed by atoms with E-state index in [0.717, 1.165) is 5.56 Å².